The van der Waals surface area contributed by atoms with Crippen LogP contribution < -0.4 is 10.6 Å². The second-order valence-corrected chi connectivity index (χ2v) is 14.5. The lowest BCUT2D eigenvalue weighted by Crippen LogP contribution is -2.42. The summed E-state index contributed by atoms with van der Waals surface area (Å²) in [5.74, 6) is -0.128. The molecule has 0 rings (SSSR count). The molecule has 0 aliphatic heterocycles. The van der Waals surface area contributed by atoms with E-state index in [0.717, 1.165) is 60.6 Å². The van der Waals surface area contributed by atoms with Crippen LogP contribution in [0, 0.1) is 0 Å². The maximum Gasteiger partial charge on any atom is 0.305 e. The smallest absolute Gasteiger partial charge is 0.305 e. The van der Waals surface area contributed by atoms with Crippen molar-refractivity contribution in [2.45, 2.75) is 123 Å². The van der Waals surface area contributed by atoms with Crippen molar-refractivity contribution in [3.63, 3.8) is 0 Å². The molecule has 0 aromatic rings. The summed E-state index contributed by atoms with van der Waals surface area (Å²) >= 11 is 0. The molecule has 0 aliphatic rings. The summed E-state index contributed by atoms with van der Waals surface area (Å²) < 4.78 is 7.43. The van der Waals surface area contributed by atoms with Gasteiger partial charge in [0.2, 0.25) is 11.8 Å². The molecular formula is C37H72N4O4+2. The fourth-order valence-electron chi connectivity index (χ4n) is 5.42. The molecule has 0 aromatic heterocycles. The van der Waals surface area contributed by atoms with Crippen LogP contribution in [0.2, 0.25) is 0 Å². The first-order valence-corrected chi connectivity index (χ1v) is 17.9. The van der Waals surface area contributed by atoms with Crippen LogP contribution in [-0.4, -0.2) is 101 Å². The normalized spacial score (nSPS) is 11.7. The highest BCUT2D eigenvalue weighted by atomic mass is 16.5. The molecule has 0 bridgehead atoms. The number of unbranched alkanes of at least 4 members (excludes halogenated alkanes) is 12. The minimum Gasteiger partial charge on any atom is -0.466 e. The van der Waals surface area contributed by atoms with Gasteiger partial charge in [-0.15, -0.1) is 0 Å². The van der Waals surface area contributed by atoms with Crippen molar-refractivity contribution in [3.8, 4) is 0 Å². The van der Waals surface area contributed by atoms with Crippen molar-refractivity contribution < 1.29 is 28.1 Å². The van der Waals surface area contributed by atoms with Gasteiger partial charge in [-0.3, -0.25) is 14.4 Å². The van der Waals surface area contributed by atoms with E-state index in [1.807, 2.05) is 0 Å². The predicted molar refractivity (Wildman–Crippen MR) is 189 cm³/mol. The maximum atomic E-state index is 12.0. The van der Waals surface area contributed by atoms with Gasteiger partial charge >= 0.3 is 5.97 Å². The van der Waals surface area contributed by atoms with E-state index in [0.29, 0.717) is 37.3 Å². The molecule has 0 heterocycles. The molecule has 0 radical (unpaired) electrons. The lowest BCUT2D eigenvalue weighted by molar-refractivity contribution is -0.890. The number of quaternary nitrogens is 2. The molecule has 0 unspecified atom stereocenters. The summed E-state index contributed by atoms with van der Waals surface area (Å²) in [5, 5.41) is 5.83. The van der Waals surface area contributed by atoms with Crippen LogP contribution in [0.15, 0.2) is 24.3 Å². The first-order valence-electron chi connectivity index (χ1n) is 17.9. The molecule has 0 aliphatic carbocycles. The molecular weight excluding hydrogens is 564 g/mol. The molecule has 2 N–H and O–H groups in total. The Morgan fingerprint density at radius 1 is 0.511 bits per heavy atom. The minimum atomic E-state index is -0.0475. The van der Waals surface area contributed by atoms with Crippen molar-refractivity contribution in [2.75, 3.05) is 74.1 Å². The summed E-state index contributed by atoms with van der Waals surface area (Å²) in [6.07, 6.45) is 19.1. The second-order valence-electron chi connectivity index (χ2n) is 14.5. The summed E-state index contributed by atoms with van der Waals surface area (Å²) in [6.45, 7) is 17.3. The molecule has 2 amide bonds. The Labute approximate surface area is 277 Å². The number of hydrogen-bond donors (Lipinski definition) is 2. The highest BCUT2D eigenvalue weighted by Gasteiger charge is 2.15. The van der Waals surface area contributed by atoms with E-state index >= 15 is 0 Å². The fraction of sp³-hybridized carbons (Fsp3) is 0.811. The van der Waals surface area contributed by atoms with E-state index < -0.39 is 0 Å². The largest absolute Gasteiger partial charge is 0.466 e. The van der Waals surface area contributed by atoms with Crippen LogP contribution in [0.3, 0.4) is 0 Å². The third-order valence-corrected chi connectivity index (χ3v) is 8.54. The fourth-order valence-corrected chi connectivity index (χ4v) is 5.42. The van der Waals surface area contributed by atoms with Crippen molar-refractivity contribution in [1.82, 2.24) is 10.6 Å². The predicted octanol–water partition coefficient (Wildman–Crippen LogP) is 6.70. The Balaban J connectivity index is 3.52. The third-order valence-electron chi connectivity index (χ3n) is 8.54. The van der Waals surface area contributed by atoms with Crippen LogP contribution >= 0.6 is 0 Å². The van der Waals surface area contributed by atoms with Crippen molar-refractivity contribution in [3.05, 3.63) is 24.3 Å². The van der Waals surface area contributed by atoms with Crippen molar-refractivity contribution in [2.24, 2.45) is 0 Å². The highest BCUT2D eigenvalue weighted by Crippen LogP contribution is 2.12. The van der Waals surface area contributed by atoms with E-state index in [2.05, 4.69) is 52.0 Å². The Morgan fingerprint density at radius 3 is 1.24 bits per heavy atom. The SMILES string of the molecule is C=C(C)C(=O)NCCC[N+](C)(C)CCCCCCCCCOC(=O)CCCCCCCCC[N+](C)(C)CCCNC(=O)C(=C)C. The number of carbonyl (C=O) groups excluding carboxylic acids is 3. The summed E-state index contributed by atoms with van der Waals surface area (Å²) in [7, 11) is 9.08. The number of esters is 1. The van der Waals surface area contributed by atoms with Gasteiger partial charge in [-0.05, 0) is 52.4 Å². The van der Waals surface area contributed by atoms with Gasteiger partial charge in [0.25, 0.3) is 0 Å². The Kier molecular flexibility index (Phi) is 24.7. The van der Waals surface area contributed by atoms with Crippen LogP contribution in [-0.2, 0) is 19.1 Å². The van der Waals surface area contributed by atoms with E-state index in [4.69, 9.17) is 4.74 Å². The second kappa shape index (κ2) is 25.9. The number of nitrogens with zero attached hydrogens (tertiary/aromatic N) is 2. The van der Waals surface area contributed by atoms with Gasteiger partial charge in [-0.1, -0.05) is 64.5 Å². The van der Waals surface area contributed by atoms with Crippen molar-refractivity contribution in [1.29, 1.82) is 0 Å². The lowest BCUT2D eigenvalue weighted by Gasteiger charge is -2.30. The molecule has 8 heteroatoms. The molecule has 262 valence electrons. The van der Waals surface area contributed by atoms with E-state index in [1.54, 1.807) is 13.8 Å². The third kappa shape index (κ3) is 27.8. The van der Waals surface area contributed by atoms with Gasteiger partial charge in [0.15, 0.2) is 0 Å². The number of rotatable bonds is 30. The minimum absolute atomic E-state index is 0.0341. The number of nitrogens with one attached hydrogen (secondary N) is 2. The van der Waals surface area contributed by atoms with Crippen LogP contribution in [0.25, 0.3) is 0 Å². The number of amides is 2. The number of carbonyl (C=O) groups is 3. The summed E-state index contributed by atoms with van der Waals surface area (Å²) in [4.78, 5) is 35.1. The van der Waals surface area contributed by atoms with E-state index in [-0.39, 0.29) is 17.8 Å². The molecule has 0 saturated carbocycles. The number of hydrogen-bond acceptors (Lipinski definition) is 4. The quantitative estimate of drug-likeness (QED) is 0.0398. The summed E-state index contributed by atoms with van der Waals surface area (Å²) in [5.41, 5.74) is 1.13. The summed E-state index contributed by atoms with van der Waals surface area (Å²) in [6, 6.07) is 0. The zero-order valence-corrected chi connectivity index (χ0v) is 30.4. The van der Waals surface area contributed by atoms with Gasteiger partial charge in [-0.25, -0.2) is 0 Å². The average Bonchev–Trinajstić information content (AvgIpc) is 2.97. The molecule has 0 spiro atoms. The van der Waals surface area contributed by atoms with Gasteiger partial charge in [0.1, 0.15) is 0 Å². The Bertz CT molecular complexity index is 853. The monoisotopic (exact) mass is 637 g/mol. The topological polar surface area (TPSA) is 84.5 Å². The lowest BCUT2D eigenvalue weighted by atomic mass is 10.1. The molecule has 45 heavy (non-hydrogen) atoms. The van der Waals surface area contributed by atoms with Gasteiger partial charge in [0, 0.05) is 43.5 Å². The van der Waals surface area contributed by atoms with Gasteiger partial charge in [-0.2, -0.15) is 0 Å². The molecule has 0 fully saturated rings. The Morgan fingerprint density at radius 2 is 0.844 bits per heavy atom. The highest BCUT2D eigenvalue weighted by molar-refractivity contribution is 5.92. The molecule has 0 saturated heterocycles. The van der Waals surface area contributed by atoms with E-state index in [9.17, 15) is 14.4 Å². The first kappa shape index (κ1) is 42.8. The first-order chi connectivity index (χ1) is 21.3. The zero-order chi connectivity index (χ0) is 34.0. The average molecular weight is 637 g/mol. The molecule has 8 nitrogen and oxygen atoms in total. The standard InChI is InChI=1S/C37H70N4O4/c1-33(2)36(43)38-26-23-30-40(5,6)28-20-16-12-9-11-15-19-25-35(42)45-32-22-18-14-10-13-17-21-29-41(7,8)31-24-27-39-37(44)34(3)4/h1,3,9-32H2,2,4-8H3/p+2. The van der Waals surface area contributed by atoms with E-state index in [1.165, 1.54) is 77.3 Å². The van der Waals surface area contributed by atoms with Gasteiger partial charge in [0.05, 0.1) is 61.0 Å². The zero-order valence-electron chi connectivity index (χ0n) is 30.4. The van der Waals surface area contributed by atoms with Crippen LogP contribution in [0.5, 0.6) is 0 Å². The number of ether oxygens (including phenoxy) is 1. The molecule has 0 atom stereocenters. The maximum absolute atomic E-state index is 12.0. The van der Waals surface area contributed by atoms with Crippen LogP contribution in [0.1, 0.15) is 123 Å². The van der Waals surface area contributed by atoms with Gasteiger partial charge < -0.3 is 24.3 Å². The van der Waals surface area contributed by atoms with Crippen molar-refractivity contribution >= 4 is 17.8 Å². The molecule has 0 aromatic carbocycles. The van der Waals surface area contributed by atoms with Crippen LogP contribution in [0.4, 0.5) is 0 Å². The Hall–Kier alpha value is -2.19.